The number of aryl methyl sites for hydroxylation is 1. The van der Waals surface area contributed by atoms with E-state index in [0.29, 0.717) is 31.1 Å². The minimum Gasteiger partial charge on any atom is -0.394 e. The Bertz CT molecular complexity index is 1240. The molecule has 0 saturated carbocycles. The number of rotatable bonds is 10. The van der Waals surface area contributed by atoms with Gasteiger partial charge in [0.15, 0.2) is 4.77 Å². The Balaban J connectivity index is 1.54. The van der Waals surface area contributed by atoms with E-state index in [4.69, 9.17) is 22.1 Å². The van der Waals surface area contributed by atoms with Crippen molar-refractivity contribution >= 4 is 45.7 Å². The van der Waals surface area contributed by atoms with Crippen LogP contribution in [0.4, 0.5) is 11.5 Å². The third-order valence-electron chi connectivity index (χ3n) is 5.11. The lowest BCUT2D eigenvalue weighted by Crippen LogP contribution is -2.13. The van der Waals surface area contributed by atoms with Gasteiger partial charge in [-0.25, -0.2) is 9.97 Å². The first-order valence-corrected chi connectivity index (χ1v) is 10.7. The molecule has 2 aromatic carbocycles. The van der Waals surface area contributed by atoms with Crippen molar-refractivity contribution < 1.29 is 9.84 Å². The van der Waals surface area contributed by atoms with Crippen molar-refractivity contribution in [2.75, 3.05) is 37.0 Å². The summed E-state index contributed by atoms with van der Waals surface area (Å²) in [6, 6.07) is 12.2. The van der Waals surface area contributed by atoms with Crippen LogP contribution in [0.1, 0.15) is 12.5 Å². The van der Waals surface area contributed by atoms with E-state index in [1.165, 1.54) is 0 Å². The van der Waals surface area contributed by atoms with Crippen LogP contribution < -0.4 is 10.6 Å². The van der Waals surface area contributed by atoms with Crippen molar-refractivity contribution in [3.05, 3.63) is 53.1 Å². The number of hydrogen-bond donors (Lipinski definition) is 4. The number of ether oxygens (including phenoxy) is 1. The molecule has 0 bridgehead atoms. The van der Waals surface area contributed by atoms with Gasteiger partial charge in [-0.1, -0.05) is 18.2 Å². The first-order chi connectivity index (χ1) is 15.2. The van der Waals surface area contributed by atoms with Crippen LogP contribution in [0.3, 0.4) is 0 Å². The minimum absolute atomic E-state index is 0.0361. The van der Waals surface area contributed by atoms with Crippen molar-refractivity contribution in [1.82, 2.24) is 19.5 Å². The Morgan fingerprint density at radius 2 is 2.03 bits per heavy atom. The number of fused-ring (bicyclic) bond motifs is 2. The molecule has 0 fully saturated rings. The first kappa shape index (κ1) is 21.2. The van der Waals surface area contributed by atoms with E-state index < -0.39 is 0 Å². The fourth-order valence-electron chi connectivity index (χ4n) is 3.61. The van der Waals surface area contributed by atoms with Gasteiger partial charge in [-0.3, -0.25) is 0 Å². The van der Waals surface area contributed by atoms with E-state index in [2.05, 4.69) is 55.3 Å². The second kappa shape index (κ2) is 9.86. The summed E-state index contributed by atoms with van der Waals surface area (Å²) in [7, 11) is 0. The molecule has 4 N–H and O–H groups in total. The van der Waals surface area contributed by atoms with Gasteiger partial charge in [-0.15, -0.1) is 0 Å². The number of H-pyrrole nitrogens is 1. The van der Waals surface area contributed by atoms with E-state index in [1.54, 1.807) is 6.33 Å². The van der Waals surface area contributed by atoms with Gasteiger partial charge in [-0.2, -0.15) is 0 Å². The fraction of sp³-hybridized carbons (Fsp3) is 0.318. The summed E-state index contributed by atoms with van der Waals surface area (Å²) in [5, 5.41) is 16.6. The molecular weight excluding hydrogens is 412 g/mol. The molecule has 2 aromatic heterocycles. The standard InChI is InChI=1S/C22H26N6O2S/c1-2-28-20-12-18-16(11-19(20)27-22(28)31)21(26-14-25-18)24-13-15-5-3-4-6-17(15)23-7-9-30-10-8-29/h3-6,11-12,14,23,29H,2,7-10,13H2,1H3,(H,27,31)(H,24,25,26). The van der Waals surface area contributed by atoms with Crippen LogP contribution in [-0.2, 0) is 17.8 Å². The summed E-state index contributed by atoms with van der Waals surface area (Å²) in [5.41, 5.74) is 5.04. The molecular formula is C22H26N6O2S. The second-order valence-electron chi connectivity index (χ2n) is 7.06. The Labute approximate surface area is 185 Å². The van der Waals surface area contributed by atoms with Gasteiger partial charge in [-0.05, 0) is 42.9 Å². The highest BCUT2D eigenvalue weighted by molar-refractivity contribution is 7.71. The average Bonchev–Trinajstić information content (AvgIpc) is 3.10. The SMILES string of the molecule is CCn1c(=S)[nH]c2cc3c(NCc4ccccc4NCCOCCO)ncnc3cc21. The molecule has 9 heteroatoms. The molecule has 8 nitrogen and oxygen atoms in total. The van der Waals surface area contributed by atoms with E-state index >= 15 is 0 Å². The van der Waals surface area contributed by atoms with E-state index in [0.717, 1.165) is 45.5 Å². The zero-order chi connectivity index (χ0) is 21.6. The van der Waals surface area contributed by atoms with Gasteiger partial charge in [0.2, 0.25) is 0 Å². The van der Waals surface area contributed by atoms with E-state index in [1.807, 2.05) is 18.2 Å². The molecule has 0 aliphatic rings. The number of imidazole rings is 1. The molecule has 4 rings (SSSR count). The Kier molecular flexibility index (Phi) is 6.76. The highest BCUT2D eigenvalue weighted by atomic mass is 32.1. The molecule has 0 amide bonds. The van der Waals surface area contributed by atoms with Gasteiger partial charge in [0.05, 0.1) is 36.4 Å². The van der Waals surface area contributed by atoms with Crippen LogP contribution in [0.25, 0.3) is 21.9 Å². The first-order valence-electron chi connectivity index (χ1n) is 10.3. The number of benzene rings is 2. The summed E-state index contributed by atoms with van der Waals surface area (Å²) < 4.78 is 8.09. The third kappa shape index (κ3) is 4.68. The summed E-state index contributed by atoms with van der Waals surface area (Å²) in [4.78, 5) is 12.2. The summed E-state index contributed by atoms with van der Waals surface area (Å²) >= 11 is 5.44. The van der Waals surface area contributed by atoms with Crippen LogP contribution in [0.15, 0.2) is 42.7 Å². The maximum absolute atomic E-state index is 8.79. The van der Waals surface area contributed by atoms with Crippen molar-refractivity contribution in [2.45, 2.75) is 20.0 Å². The highest BCUT2D eigenvalue weighted by Gasteiger charge is 2.10. The number of para-hydroxylation sites is 1. The normalized spacial score (nSPS) is 11.3. The topological polar surface area (TPSA) is 100 Å². The Morgan fingerprint density at radius 3 is 2.87 bits per heavy atom. The van der Waals surface area contributed by atoms with Gasteiger partial charge in [0.25, 0.3) is 0 Å². The molecule has 31 heavy (non-hydrogen) atoms. The zero-order valence-corrected chi connectivity index (χ0v) is 18.2. The van der Waals surface area contributed by atoms with Gasteiger partial charge >= 0.3 is 0 Å². The van der Waals surface area contributed by atoms with Crippen LogP contribution in [0.5, 0.6) is 0 Å². The third-order valence-corrected chi connectivity index (χ3v) is 5.43. The zero-order valence-electron chi connectivity index (χ0n) is 17.4. The molecule has 0 spiro atoms. The van der Waals surface area contributed by atoms with E-state index in [-0.39, 0.29) is 6.61 Å². The van der Waals surface area contributed by atoms with Crippen LogP contribution in [0, 0.1) is 4.77 Å². The molecule has 0 saturated heterocycles. The number of anilines is 2. The van der Waals surface area contributed by atoms with Crippen molar-refractivity contribution in [1.29, 1.82) is 0 Å². The predicted molar refractivity (Wildman–Crippen MR) is 126 cm³/mol. The van der Waals surface area contributed by atoms with Gasteiger partial charge < -0.3 is 30.0 Å². The molecule has 0 aliphatic carbocycles. The van der Waals surface area contributed by atoms with Crippen LogP contribution in [-0.4, -0.2) is 51.0 Å². The summed E-state index contributed by atoms with van der Waals surface area (Å²) in [6.07, 6.45) is 1.58. The molecule has 4 aromatic rings. The van der Waals surface area contributed by atoms with Gasteiger partial charge in [0, 0.05) is 30.7 Å². The molecule has 0 aliphatic heterocycles. The average molecular weight is 439 g/mol. The monoisotopic (exact) mass is 438 g/mol. The van der Waals surface area contributed by atoms with Crippen LogP contribution >= 0.6 is 12.2 Å². The van der Waals surface area contributed by atoms with Gasteiger partial charge in [0.1, 0.15) is 12.1 Å². The largest absolute Gasteiger partial charge is 0.394 e. The lowest BCUT2D eigenvalue weighted by Gasteiger charge is -2.14. The lowest BCUT2D eigenvalue weighted by molar-refractivity contribution is 0.0992. The van der Waals surface area contributed by atoms with Crippen molar-refractivity contribution in [3.63, 3.8) is 0 Å². The number of aromatic amines is 1. The number of aromatic nitrogens is 4. The summed E-state index contributed by atoms with van der Waals surface area (Å²) in [6.45, 7) is 5.07. The molecule has 2 heterocycles. The number of hydrogen-bond acceptors (Lipinski definition) is 7. The molecule has 162 valence electrons. The second-order valence-corrected chi connectivity index (χ2v) is 7.44. The molecule has 0 unspecified atom stereocenters. The Morgan fingerprint density at radius 1 is 1.16 bits per heavy atom. The quantitative estimate of drug-likeness (QED) is 0.221. The Hall–Kier alpha value is -3.01. The molecule has 0 radical (unpaired) electrons. The molecule has 0 atom stereocenters. The number of aliphatic hydroxyl groups excluding tert-OH is 1. The van der Waals surface area contributed by atoms with Crippen molar-refractivity contribution in [3.8, 4) is 0 Å². The maximum Gasteiger partial charge on any atom is 0.178 e. The minimum atomic E-state index is 0.0361. The lowest BCUT2D eigenvalue weighted by atomic mass is 10.1. The number of nitrogens with zero attached hydrogens (tertiary/aromatic N) is 3. The highest BCUT2D eigenvalue weighted by Crippen LogP contribution is 2.26. The summed E-state index contributed by atoms with van der Waals surface area (Å²) in [5.74, 6) is 0.775. The number of aliphatic hydroxyl groups is 1. The number of nitrogens with one attached hydrogen (secondary N) is 3. The smallest absolute Gasteiger partial charge is 0.178 e. The predicted octanol–water partition coefficient (Wildman–Crippen LogP) is 3.69. The van der Waals surface area contributed by atoms with Crippen molar-refractivity contribution in [2.24, 2.45) is 0 Å². The van der Waals surface area contributed by atoms with Crippen LogP contribution in [0.2, 0.25) is 0 Å². The van der Waals surface area contributed by atoms with E-state index in [9.17, 15) is 0 Å². The maximum atomic E-state index is 8.79. The fourth-order valence-corrected chi connectivity index (χ4v) is 3.95.